The summed E-state index contributed by atoms with van der Waals surface area (Å²) < 4.78 is 58.5. The molecule has 0 bridgehead atoms. The van der Waals surface area contributed by atoms with Crippen LogP contribution in [0.5, 0.6) is 11.5 Å². The van der Waals surface area contributed by atoms with Crippen LogP contribution >= 0.6 is 0 Å². The van der Waals surface area contributed by atoms with Gasteiger partial charge in [0, 0.05) is 17.5 Å². The Morgan fingerprint density at radius 2 is 1.77 bits per heavy atom. The van der Waals surface area contributed by atoms with E-state index in [1.54, 1.807) is 0 Å². The van der Waals surface area contributed by atoms with Gasteiger partial charge in [0.1, 0.15) is 0 Å². The lowest BCUT2D eigenvalue weighted by molar-refractivity contribution is -0.384. The second-order valence-electron chi connectivity index (χ2n) is 4.89. The van der Waals surface area contributed by atoms with Gasteiger partial charge >= 0.3 is 6.61 Å². The number of halogens is 2. The molecule has 0 N–H and O–H groups in total. The van der Waals surface area contributed by atoms with Crippen molar-refractivity contribution in [1.29, 1.82) is 0 Å². The van der Waals surface area contributed by atoms with Crippen molar-refractivity contribution in [1.82, 2.24) is 0 Å². The van der Waals surface area contributed by atoms with E-state index in [9.17, 15) is 27.3 Å². The molecule has 0 fully saturated rings. The summed E-state index contributed by atoms with van der Waals surface area (Å²) in [5.41, 5.74) is 0.0452. The summed E-state index contributed by atoms with van der Waals surface area (Å²) in [5, 5.41) is 11.5. The van der Waals surface area contributed by atoms with Gasteiger partial charge < -0.3 is 9.47 Å². The quantitative estimate of drug-likeness (QED) is 0.533. The third-order valence-corrected chi connectivity index (χ3v) is 4.64. The van der Waals surface area contributed by atoms with Crippen molar-refractivity contribution in [3.8, 4) is 11.5 Å². The average Bonchev–Trinajstić information content (AvgIpc) is 2.60. The molecule has 0 heterocycles. The molecule has 0 amide bonds. The zero-order chi connectivity index (χ0) is 19.3. The molecule has 7 nitrogen and oxygen atoms in total. The van der Waals surface area contributed by atoms with Crippen LogP contribution in [0.3, 0.4) is 0 Å². The van der Waals surface area contributed by atoms with Crippen molar-refractivity contribution >= 4 is 21.6 Å². The highest BCUT2D eigenvalue weighted by molar-refractivity contribution is 7.94. The highest BCUT2D eigenvalue weighted by atomic mass is 32.2. The topological polar surface area (TPSA) is 95.7 Å². The van der Waals surface area contributed by atoms with Gasteiger partial charge in [0.25, 0.3) is 5.69 Å². The first-order chi connectivity index (χ1) is 12.2. The van der Waals surface area contributed by atoms with Crippen LogP contribution in [0.1, 0.15) is 5.56 Å². The van der Waals surface area contributed by atoms with Crippen molar-refractivity contribution in [2.24, 2.45) is 0 Å². The standard InChI is InChI=1S/C16H13F2NO6S/c1-24-14-7-2-11(10-15(14)25-16(17)18)8-9-26(22,23)13-5-3-12(4-6-13)19(20)21/h2-10,16H,1H3/b9-8+. The van der Waals surface area contributed by atoms with Crippen molar-refractivity contribution in [2.45, 2.75) is 11.5 Å². The van der Waals surface area contributed by atoms with Crippen LogP contribution in [0.4, 0.5) is 14.5 Å². The lowest BCUT2D eigenvalue weighted by Crippen LogP contribution is -2.03. The number of sulfone groups is 1. The summed E-state index contributed by atoms with van der Waals surface area (Å²) in [5.74, 6) is -0.168. The van der Waals surface area contributed by atoms with Crippen LogP contribution in [-0.4, -0.2) is 27.1 Å². The number of nitro benzene ring substituents is 1. The van der Waals surface area contributed by atoms with Crippen molar-refractivity contribution in [3.05, 3.63) is 63.6 Å². The van der Waals surface area contributed by atoms with Crippen LogP contribution in [0.25, 0.3) is 6.08 Å². The van der Waals surface area contributed by atoms with Gasteiger partial charge in [-0.3, -0.25) is 10.1 Å². The van der Waals surface area contributed by atoms with E-state index in [0.29, 0.717) is 0 Å². The molecule has 0 aliphatic rings. The van der Waals surface area contributed by atoms with Crippen molar-refractivity contribution in [2.75, 3.05) is 7.11 Å². The monoisotopic (exact) mass is 385 g/mol. The molecule has 0 saturated heterocycles. The Balaban J connectivity index is 2.28. The fourth-order valence-electron chi connectivity index (χ4n) is 1.99. The molecule has 0 aliphatic heterocycles. The lowest BCUT2D eigenvalue weighted by Gasteiger charge is -2.10. The zero-order valence-corrected chi connectivity index (χ0v) is 14.2. The van der Waals surface area contributed by atoms with E-state index < -0.39 is 21.4 Å². The fraction of sp³-hybridized carbons (Fsp3) is 0.125. The maximum atomic E-state index is 12.4. The van der Waals surface area contributed by atoms with E-state index in [-0.39, 0.29) is 27.6 Å². The first kappa shape index (κ1) is 19.3. The Morgan fingerprint density at radius 3 is 2.31 bits per heavy atom. The predicted octanol–water partition coefficient (Wildman–Crippen LogP) is 3.65. The number of rotatable bonds is 7. The normalized spacial score (nSPS) is 11.7. The smallest absolute Gasteiger partial charge is 0.387 e. The Kier molecular flexibility index (Phi) is 5.88. The molecule has 2 aromatic carbocycles. The molecule has 0 spiro atoms. The molecule has 0 aliphatic carbocycles. The highest BCUT2D eigenvalue weighted by Crippen LogP contribution is 2.30. The number of non-ortho nitro benzene ring substituents is 1. The van der Waals surface area contributed by atoms with Gasteiger partial charge in [0.2, 0.25) is 0 Å². The van der Waals surface area contributed by atoms with Gasteiger partial charge in [0.15, 0.2) is 21.3 Å². The first-order valence-electron chi connectivity index (χ1n) is 7.03. The fourth-order valence-corrected chi connectivity index (χ4v) is 3.00. The van der Waals surface area contributed by atoms with Crippen molar-refractivity contribution in [3.63, 3.8) is 0 Å². The number of hydrogen-bond donors (Lipinski definition) is 0. The van der Waals surface area contributed by atoms with Gasteiger partial charge in [-0.2, -0.15) is 8.78 Å². The van der Waals surface area contributed by atoms with Crippen LogP contribution in [0, 0.1) is 10.1 Å². The van der Waals surface area contributed by atoms with Crippen LogP contribution < -0.4 is 9.47 Å². The van der Waals surface area contributed by atoms with E-state index in [2.05, 4.69) is 4.74 Å². The third-order valence-electron chi connectivity index (χ3n) is 3.22. The Hall–Kier alpha value is -3.01. The molecular formula is C16H13F2NO6S. The van der Waals surface area contributed by atoms with Crippen molar-refractivity contribution < 1.29 is 31.6 Å². The molecule has 138 valence electrons. The van der Waals surface area contributed by atoms with Gasteiger partial charge in [-0.25, -0.2) is 8.42 Å². The van der Waals surface area contributed by atoms with Crippen LogP contribution in [-0.2, 0) is 9.84 Å². The van der Waals surface area contributed by atoms with E-state index in [1.807, 2.05) is 0 Å². The summed E-state index contributed by atoms with van der Waals surface area (Å²) in [6.07, 6.45) is 1.19. The summed E-state index contributed by atoms with van der Waals surface area (Å²) in [7, 11) is -2.60. The molecule has 0 radical (unpaired) electrons. The minimum absolute atomic E-state index is 0.0701. The average molecular weight is 385 g/mol. The maximum absolute atomic E-state index is 12.4. The number of benzene rings is 2. The molecule has 26 heavy (non-hydrogen) atoms. The zero-order valence-electron chi connectivity index (χ0n) is 13.3. The molecule has 0 saturated carbocycles. The lowest BCUT2D eigenvalue weighted by atomic mass is 10.2. The van der Waals surface area contributed by atoms with Gasteiger partial charge in [-0.05, 0) is 35.9 Å². The number of nitro groups is 1. The number of ether oxygens (including phenoxy) is 2. The molecule has 0 unspecified atom stereocenters. The second-order valence-corrected chi connectivity index (χ2v) is 6.72. The molecular weight excluding hydrogens is 372 g/mol. The van der Waals surface area contributed by atoms with Crippen LogP contribution in [0.15, 0.2) is 52.8 Å². The Bertz CT molecular complexity index is 926. The number of methoxy groups -OCH3 is 1. The molecule has 2 rings (SSSR count). The number of nitrogens with zero attached hydrogens (tertiary/aromatic N) is 1. The molecule has 2 aromatic rings. The van der Waals surface area contributed by atoms with E-state index in [1.165, 1.54) is 31.4 Å². The summed E-state index contributed by atoms with van der Waals surface area (Å²) >= 11 is 0. The molecule has 10 heteroatoms. The SMILES string of the molecule is COc1ccc(/C=C/S(=O)(=O)c2ccc([N+](=O)[O-])cc2)cc1OC(F)F. The summed E-state index contributed by atoms with van der Waals surface area (Å²) in [6, 6.07) is 8.38. The van der Waals surface area contributed by atoms with Gasteiger partial charge in [0.05, 0.1) is 16.9 Å². The van der Waals surface area contributed by atoms with E-state index in [0.717, 1.165) is 29.7 Å². The summed E-state index contributed by atoms with van der Waals surface area (Å²) in [4.78, 5) is 9.81. The van der Waals surface area contributed by atoms with E-state index in [4.69, 9.17) is 4.74 Å². The van der Waals surface area contributed by atoms with Gasteiger partial charge in [-0.1, -0.05) is 6.07 Å². The third kappa shape index (κ3) is 4.76. The highest BCUT2D eigenvalue weighted by Gasteiger charge is 2.14. The summed E-state index contributed by atoms with van der Waals surface area (Å²) in [6.45, 7) is -3.06. The molecule has 0 atom stereocenters. The number of alkyl halides is 2. The Morgan fingerprint density at radius 1 is 1.12 bits per heavy atom. The number of hydrogen-bond acceptors (Lipinski definition) is 6. The predicted molar refractivity (Wildman–Crippen MR) is 88.9 cm³/mol. The van der Waals surface area contributed by atoms with Crippen LogP contribution in [0.2, 0.25) is 0 Å². The maximum Gasteiger partial charge on any atom is 0.387 e. The first-order valence-corrected chi connectivity index (χ1v) is 8.58. The minimum atomic E-state index is -3.88. The van der Waals surface area contributed by atoms with Gasteiger partial charge in [-0.15, -0.1) is 0 Å². The second kappa shape index (κ2) is 7.91. The Labute approximate surface area is 147 Å². The van der Waals surface area contributed by atoms with E-state index >= 15 is 0 Å². The largest absolute Gasteiger partial charge is 0.493 e. The molecule has 0 aromatic heterocycles. The minimum Gasteiger partial charge on any atom is -0.493 e.